The fourth-order valence-corrected chi connectivity index (χ4v) is 5.49. The van der Waals surface area contributed by atoms with Crippen molar-refractivity contribution >= 4 is 33.2 Å². The molecule has 10 nitrogen and oxygen atoms in total. The Morgan fingerprint density at radius 2 is 1.88 bits per heavy atom. The number of anilines is 2. The third-order valence-electron chi connectivity index (χ3n) is 7.97. The summed E-state index contributed by atoms with van der Waals surface area (Å²) >= 11 is 0. The molecule has 0 bridgehead atoms. The molecule has 1 atom stereocenters. The Balaban J connectivity index is 1.49. The van der Waals surface area contributed by atoms with E-state index in [0.29, 0.717) is 58.5 Å². The molecule has 12 heteroatoms. The Kier molecular flexibility index (Phi) is 6.82. The van der Waals surface area contributed by atoms with Crippen LogP contribution < -0.4 is 21.6 Å². The van der Waals surface area contributed by atoms with E-state index in [9.17, 15) is 19.3 Å². The van der Waals surface area contributed by atoms with Crippen LogP contribution in [0.25, 0.3) is 21.8 Å². The van der Waals surface area contributed by atoms with Gasteiger partial charge in [-0.1, -0.05) is 39.0 Å². The van der Waals surface area contributed by atoms with E-state index >= 15 is 0 Å². The van der Waals surface area contributed by atoms with Crippen molar-refractivity contribution in [3.63, 3.8) is 0 Å². The smallest absolute Gasteiger partial charge is 0.262 e. The average molecular weight is 583 g/mol. The summed E-state index contributed by atoms with van der Waals surface area (Å²) in [5, 5.41) is 34.4. The summed E-state index contributed by atoms with van der Waals surface area (Å²) in [4.78, 5) is 4.45. The number of benzene rings is 2. The minimum absolute atomic E-state index is 0.0697. The molecule has 1 fully saturated rings. The lowest BCUT2D eigenvalue weighted by atomic mass is 9.96. The van der Waals surface area contributed by atoms with Gasteiger partial charge in [-0.05, 0) is 30.4 Å². The first-order valence-corrected chi connectivity index (χ1v) is 14.0. The largest absolute Gasteiger partial charge is 0.383 e. The fraction of sp³-hybridized carbons (Fsp3) is 0.355. The Morgan fingerprint density at radius 1 is 1.12 bits per heavy atom. The van der Waals surface area contributed by atoms with Gasteiger partial charge in [-0.15, -0.1) is 5.53 Å². The van der Waals surface area contributed by atoms with E-state index in [1.54, 1.807) is 23.1 Å². The van der Waals surface area contributed by atoms with Crippen molar-refractivity contribution in [3.05, 3.63) is 71.3 Å². The first kappa shape index (κ1) is 28.2. The zero-order chi connectivity index (χ0) is 30.5. The number of rotatable bonds is 8. The van der Waals surface area contributed by atoms with Gasteiger partial charge in [0, 0.05) is 48.0 Å². The molecule has 1 saturated carbocycles. The maximum atomic E-state index is 14.0. The van der Waals surface area contributed by atoms with Crippen molar-refractivity contribution in [1.82, 2.24) is 30.7 Å². The van der Waals surface area contributed by atoms with Crippen LogP contribution in [0.15, 0.2) is 54.6 Å². The van der Waals surface area contributed by atoms with Crippen LogP contribution in [0.4, 0.5) is 20.2 Å². The number of fused-ring (bicyclic) bond motifs is 2. The van der Waals surface area contributed by atoms with Gasteiger partial charge in [0.05, 0.1) is 45.8 Å². The average Bonchev–Trinajstić information content (AvgIpc) is 3.50. The van der Waals surface area contributed by atoms with Gasteiger partial charge in [-0.2, -0.15) is 15.6 Å². The number of halogens is 2. The maximum Gasteiger partial charge on any atom is 0.262 e. The summed E-state index contributed by atoms with van der Waals surface area (Å²) in [5.41, 5.74) is 9.46. The van der Waals surface area contributed by atoms with Crippen LogP contribution >= 0.6 is 0 Å². The van der Waals surface area contributed by atoms with E-state index in [0.717, 1.165) is 16.5 Å². The predicted molar refractivity (Wildman–Crippen MR) is 160 cm³/mol. The molecule has 1 aliphatic carbocycles. The first-order chi connectivity index (χ1) is 20.5. The summed E-state index contributed by atoms with van der Waals surface area (Å²) in [7, 11) is 1.85. The number of hydrazine groups is 2. The molecule has 0 amide bonds. The summed E-state index contributed by atoms with van der Waals surface area (Å²) in [6, 6.07) is 13.4. The molecule has 4 aromatic rings. The second-order valence-electron chi connectivity index (χ2n) is 12.3. The van der Waals surface area contributed by atoms with Gasteiger partial charge in [0.15, 0.2) is 0 Å². The minimum atomic E-state index is -2.51. The van der Waals surface area contributed by atoms with Crippen molar-refractivity contribution in [2.24, 2.45) is 12.5 Å². The third-order valence-corrected chi connectivity index (χ3v) is 7.97. The van der Waals surface area contributed by atoms with Gasteiger partial charge in [0.2, 0.25) is 0 Å². The van der Waals surface area contributed by atoms with Crippen molar-refractivity contribution < 1.29 is 8.78 Å². The van der Waals surface area contributed by atoms with Crippen molar-refractivity contribution in [3.8, 4) is 12.1 Å². The molecule has 1 aliphatic heterocycles. The van der Waals surface area contributed by atoms with Crippen LogP contribution in [-0.4, -0.2) is 38.3 Å². The molecule has 0 saturated heterocycles. The zero-order valence-electron chi connectivity index (χ0n) is 24.3. The van der Waals surface area contributed by atoms with Gasteiger partial charge < -0.3 is 16.1 Å². The molecule has 2 aliphatic rings. The Morgan fingerprint density at radius 3 is 2.56 bits per heavy atom. The SMILES string of the molecule is Cn1ncc2cccc([C@H](Nc3cc(C#N)c4ncc(C#N)c(NCC(C)(C)C)c4c3)C3=CN(C4(C(F)F)CC4)NN3)c21. The van der Waals surface area contributed by atoms with E-state index in [4.69, 9.17) is 0 Å². The summed E-state index contributed by atoms with van der Waals surface area (Å²) in [6.07, 6.45) is 3.20. The number of aryl methyl sites for hydroxylation is 1. The lowest BCUT2D eigenvalue weighted by Gasteiger charge is -2.25. The molecule has 6 rings (SSSR count). The van der Waals surface area contributed by atoms with Crippen molar-refractivity contribution in [2.45, 2.75) is 51.6 Å². The van der Waals surface area contributed by atoms with Crippen LogP contribution in [0, 0.1) is 28.1 Å². The molecule has 0 radical (unpaired) electrons. The highest BCUT2D eigenvalue weighted by Crippen LogP contribution is 2.47. The standard InChI is InChI=1S/C31H32F2N10/c1-30(2,3)17-37-26-20(13-35)14-36-25-19(12-34)10-21(11-23(25)26)39-27(22-7-5-6-18-15-38-42(4)28(18)22)24-16-43(41-40-24)31(8-9-31)29(32)33/h5-7,10-11,14-16,27,29,39-41H,8-9,17H2,1-4H3,(H,36,37)/t27-/m0/s1. The van der Waals surface area contributed by atoms with Crippen molar-refractivity contribution in [2.75, 3.05) is 17.2 Å². The third kappa shape index (κ3) is 5.04. The van der Waals surface area contributed by atoms with Crippen LogP contribution in [0.2, 0.25) is 0 Å². The van der Waals surface area contributed by atoms with Crippen LogP contribution in [0.5, 0.6) is 0 Å². The quantitative estimate of drug-likeness (QED) is 0.215. The number of nitrogens with zero attached hydrogens (tertiary/aromatic N) is 6. The molecule has 2 aromatic carbocycles. The van der Waals surface area contributed by atoms with Crippen LogP contribution in [-0.2, 0) is 7.05 Å². The van der Waals surface area contributed by atoms with E-state index in [1.165, 1.54) is 11.2 Å². The molecular weight excluding hydrogens is 550 g/mol. The van der Waals surface area contributed by atoms with Crippen molar-refractivity contribution in [1.29, 1.82) is 10.5 Å². The maximum absolute atomic E-state index is 14.0. The molecule has 43 heavy (non-hydrogen) atoms. The highest BCUT2D eigenvalue weighted by molar-refractivity contribution is 5.99. The Hall–Kier alpha value is -4.94. The molecule has 2 aromatic heterocycles. The second kappa shape index (κ2) is 10.4. The van der Waals surface area contributed by atoms with E-state index < -0.39 is 18.0 Å². The number of nitrogens with one attached hydrogen (secondary N) is 4. The number of aromatic nitrogens is 3. The molecule has 220 valence electrons. The molecule has 3 heterocycles. The lowest BCUT2D eigenvalue weighted by molar-refractivity contribution is 0.00911. The highest BCUT2D eigenvalue weighted by atomic mass is 19.3. The monoisotopic (exact) mass is 582 g/mol. The molecular formula is C31H32F2N10. The van der Waals surface area contributed by atoms with E-state index in [-0.39, 0.29) is 5.41 Å². The summed E-state index contributed by atoms with van der Waals surface area (Å²) < 4.78 is 29.7. The number of hydrogen-bond donors (Lipinski definition) is 4. The van der Waals surface area contributed by atoms with Gasteiger partial charge in [0.25, 0.3) is 6.43 Å². The molecule has 0 unspecified atom stereocenters. The predicted octanol–water partition coefficient (Wildman–Crippen LogP) is 5.44. The van der Waals surface area contributed by atoms with Crippen LogP contribution in [0.3, 0.4) is 0 Å². The molecule has 0 spiro atoms. The van der Waals surface area contributed by atoms with Gasteiger partial charge >= 0.3 is 0 Å². The zero-order valence-corrected chi connectivity index (χ0v) is 24.3. The normalized spacial score (nSPS) is 16.5. The van der Waals surface area contributed by atoms with Gasteiger partial charge in [-0.3, -0.25) is 14.7 Å². The summed E-state index contributed by atoms with van der Waals surface area (Å²) in [6.45, 7) is 6.86. The lowest BCUT2D eigenvalue weighted by Crippen LogP contribution is -2.48. The van der Waals surface area contributed by atoms with Gasteiger partial charge in [0.1, 0.15) is 17.7 Å². The number of nitriles is 2. The van der Waals surface area contributed by atoms with Gasteiger partial charge in [-0.25, -0.2) is 8.78 Å². The molecule has 4 N–H and O–H groups in total. The Labute approximate surface area is 247 Å². The number of pyridine rings is 1. The number of para-hydroxylation sites is 1. The first-order valence-electron chi connectivity index (χ1n) is 14.0. The number of alkyl halides is 2. The summed E-state index contributed by atoms with van der Waals surface area (Å²) in [5.74, 6) is 0. The highest BCUT2D eigenvalue weighted by Gasteiger charge is 2.56. The minimum Gasteiger partial charge on any atom is -0.383 e. The second-order valence-corrected chi connectivity index (χ2v) is 12.3. The topological polar surface area (TPSA) is 130 Å². The fourth-order valence-electron chi connectivity index (χ4n) is 5.49. The van der Waals surface area contributed by atoms with Crippen LogP contribution in [0.1, 0.15) is 56.3 Å². The number of hydrogen-bond acceptors (Lipinski definition) is 9. The van der Waals surface area contributed by atoms with E-state index in [2.05, 4.69) is 64.6 Å². The van der Waals surface area contributed by atoms with E-state index in [1.807, 2.05) is 31.3 Å². The Bertz CT molecular complexity index is 1840.